The van der Waals surface area contributed by atoms with Gasteiger partial charge in [-0.2, -0.15) is 0 Å². The molecule has 2 N–H and O–H groups in total. The number of carbonyl (C=O) groups is 1. The molecule has 0 aliphatic heterocycles. The summed E-state index contributed by atoms with van der Waals surface area (Å²) in [6.07, 6.45) is 7.02. The summed E-state index contributed by atoms with van der Waals surface area (Å²) in [7, 11) is 1.60. The molecular formula is C16H21NO3. The molecule has 0 spiro atoms. The van der Waals surface area contributed by atoms with E-state index in [9.17, 15) is 9.90 Å². The van der Waals surface area contributed by atoms with Crippen molar-refractivity contribution in [2.24, 2.45) is 0 Å². The fraction of sp³-hybridized carbons (Fsp3) is 0.438. The third kappa shape index (κ3) is 3.39. The highest BCUT2D eigenvalue weighted by molar-refractivity contribution is 5.92. The van der Waals surface area contributed by atoms with Gasteiger partial charge in [-0.05, 0) is 25.0 Å². The molecule has 1 fully saturated rings. The van der Waals surface area contributed by atoms with E-state index in [-0.39, 0.29) is 12.5 Å². The summed E-state index contributed by atoms with van der Waals surface area (Å²) < 4.78 is 5.23. The van der Waals surface area contributed by atoms with E-state index in [0.29, 0.717) is 0 Å². The molecule has 0 saturated heterocycles. The van der Waals surface area contributed by atoms with E-state index in [4.69, 9.17) is 4.74 Å². The molecule has 4 heteroatoms. The lowest BCUT2D eigenvalue weighted by Crippen LogP contribution is -2.48. The van der Waals surface area contributed by atoms with Crippen molar-refractivity contribution < 1.29 is 14.6 Å². The standard InChI is InChI=1S/C16H21NO3/c1-20-14-7-3-2-6-13(14)8-9-15(19)17-16(12-18)10-4-5-11-16/h2-3,6-9,18H,4-5,10-12H2,1H3,(H,17,19). The van der Waals surface area contributed by atoms with Gasteiger partial charge in [-0.1, -0.05) is 31.0 Å². The highest BCUT2D eigenvalue weighted by Gasteiger charge is 2.33. The highest BCUT2D eigenvalue weighted by atomic mass is 16.5. The van der Waals surface area contributed by atoms with Crippen LogP contribution in [0.1, 0.15) is 31.2 Å². The van der Waals surface area contributed by atoms with E-state index < -0.39 is 5.54 Å². The van der Waals surface area contributed by atoms with E-state index in [2.05, 4.69) is 5.32 Å². The van der Waals surface area contributed by atoms with Crippen LogP contribution in [0.15, 0.2) is 30.3 Å². The number of aliphatic hydroxyl groups is 1. The molecular weight excluding hydrogens is 254 g/mol. The van der Waals surface area contributed by atoms with Crippen molar-refractivity contribution in [3.05, 3.63) is 35.9 Å². The van der Waals surface area contributed by atoms with Crippen molar-refractivity contribution in [3.8, 4) is 5.75 Å². The lowest BCUT2D eigenvalue weighted by molar-refractivity contribution is -0.118. The number of benzene rings is 1. The molecule has 20 heavy (non-hydrogen) atoms. The number of carbonyl (C=O) groups excluding carboxylic acids is 1. The molecule has 1 aromatic carbocycles. The topological polar surface area (TPSA) is 58.6 Å². The second-order valence-corrected chi connectivity index (χ2v) is 5.21. The van der Waals surface area contributed by atoms with E-state index in [1.54, 1.807) is 13.2 Å². The Labute approximate surface area is 119 Å². The first-order chi connectivity index (χ1) is 9.69. The van der Waals surface area contributed by atoms with Crippen LogP contribution in [0.3, 0.4) is 0 Å². The third-order valence-corrected chi connectivity index (χ3v) is 3.80. The number of amides is 1. The van der Waals surface area contributed by atoms with Crippen molar-refractivity contribution in [1.29, 1.82) is 0 Å². The quantitative estimate of drug-likeness (QED) is 0.809. The second kappa shape index (κ2) is 6.57. The lowest BCUT2D eigenvalue weighted by atomic mass is 9.99. The number of rotatable bonds is 5. The molecule has 1 saturated carbocycles. The summed E-state index contributed by atoms with van der Waals surface area (Å²) in [5.41, 5.74) is 0.428. The van der Waals surface area contributed by atoms with Crippen molar-refractivity contribution in [2.75, 3.05) is 13.7 Å². The SMILES string of the molecule is COc1ccccc1C=CC(=O)NC1(CO)CCCC1. The zero-order valence-corrected chi connectivity index (χ0v) is 11.8. The molecule has 0 aromatic heterocycles. The highest BCUT2D eigenvalue weighted by Crippen LogP contribution is 2.29. The van der Waals surface area contributed by atoms with Gasteiger partial charge < -0.3 is 15.2 Å². The van der Waals surface area contributed by atoms with Crippen molar-refractivity contribution in [2.45, 2.75) is 31.2 Å². The number of hydrogen-bond donors (Lipinski definition) is 2. The monoisotopic (exact) mass is 275 g/mol. The summed E-state index contributed by atoms with van der Waals surface area (Å²) in [5.74, 6) is 0.557. The maximum absolute atomic E-state index is 12.0. The number of ether oxygens (including phenoxy) is 1. The summed E-state index contributed by atoms with van der Waals surface area (Å²) >= 11 is 0. The van der Waals surface area contributed by atoms with Crippen molar-refractivity contribution in [1.82, 2.24) is 5.32 Å². The van der Waals surface area contributed by atoms with Gasteiger partial charge >= 0.3 is 0 Å². The van der Waals surface area contributed by atoms with E-state index >= 15 is 0 Å². The summed E-state index contributed by atoms with van der Waals surface area (Å²) in [6.45, 7) is 0.00123. The summed E-state index contributed by atoms with van der Waals surface area (Å²) in [5, 5.41) is 12.4. The Balaban J connectivity index is 2.02. The number of nitrogens with one attached hydrogen (secondary N) is 1. The minimum Gasteiger partial charge on any atom is -0.496 e. The second-order valence-electron chi connectivity index (χ2n) is 5.21. The van der Waals surface area contributed by atoms with E-state index in [1.807, 2.05) is 24.3 Å². The minimum atomic E-state index is -0.428. The van der Waals surface area contributed by atoms with Gasteiger partial charge in [-0.3, -0.25) is 4.79 Å². The van der Waals surface area contributed by atoms with Crippen LogP contribution in [0.2, 0.25) is 0 Å². The first kappa shape index (κ1) is 14.6. The van der Waals surface area contributed by atoms with Gasteiger partial charge in [0.05, 0.1) is 19.3 Å². The van der Waals surface area contributed by atoms with Crippen LogP contribution in [-0.4, -0.2) is 30.3 Å². The Morgan fingerprint density at radius 2 is 2.10 bits per heavy atom. The Morgan fingerprint density at radius 1 is 1.40 bits per heavy atom. The van der Waals surface area contributed by atoms with Gasteiger partial charge in [0, 0.05) is 11.6 Å². The van der Waals surface area contributed by atoms with Crippen LogP contribution in [0.5, 0.6) is 5.75 Å². The van der Waals surface area contributed by atoms with Gasteiger partial charge in [0.25, 0.3) is 0 Å². The number of hydrogen-bond acceptors (Lipinski definition) is 3. The summed E-state index contributed by atoms with van der Waals surface area (Å²) in [6, 6.07) is 7.52. The fourth-order valence-corrected chi connectivity index (χ4v) is 2.65. The number of para-hydroxylation sites is 1. The Bertz CT molecular complexity index is 490. The van der Waals surface area contributed by atoms with Crippen molar-refractivity contribution >= 4 is 12.0 Å². The molecule has 1 amide bonds. The molecule has 1 aliphatic carbocycles. The maximum atomic E-state index is 12.0. The molecule has 4 nitrogen and oxygen atoms in total. The average molecular weight is 275 g/mol. The zero-order chi connectivity index (χ0) is 14.4. The molecule has 0 radical (unpaired) electrons. The molecule has 0 heterocycles. The lowest BCUT2D eigenvalue weighted by Gasteiger charge is -2.27. The molecule has 0 atom stereocenters. The smallest absolute Gasteiger partial charge is 0.244 e. The largest absolute Gasteiger partial charge is 0.496 e. The van der Waals surface area contributed by atoms with E-state index in [1.165, 1.54) is 6.08 Å². The molecule has 0 unspecified atom stereocenters. The Kier molecular flexibility index (Phi) is 4.79. The van der Waals surface area contributed by atoms with E-state index in [0.717, 1.165) is 37.0 Å². The molecule has 0 bridgehead atoms. The van der Waals surface area contributed by atoms with Crippen LogP contribution in [0, 0.1) is 0 Å². The minimum absolute atomic E-state index is 0.00123. The van der Waals surface area contributed by atoms with Crippen LogP contribution < -0.4 is 10.1 Å². The van der Waals surface area contributed by atoms with Crippen LogP contribution in [-0.2, 0) is 4.79 Å². The predicted octanol–water partition coefficient (Wildman–Crippen LogP) is 2.13. The van der Waals surface area contributed by atoms with Gasteiger partial charge in [-0.15, -0.1) is 0 Å². The molecule has 1 aliphatic rings. The Hall–Kier alpha value is -1.81. The number of aliphatic hydroxyl groups excluding tert-OH is 1. The van der Waals surface area contributed by atoms with Gasteiger partial charge in [-0.25, -0.2) is 0 Å². The molecule has 2 rings (SSSR count). The first-order valence-electron chi connectivity index (χ1n) is 6.93. The van der Waals surface area contributed by atoms with Gasteiger partial charge in [0.1, 0.15) is 5.75 Å². The van der Waals surface area contributed by atoms with Crippen LogP contribution in [0.4, 0.5) is 0 Å². The van der Waals surface area contributed by atoms with Crippen LogP contribution >= 0.6 is 0 Å². The normalized spacial score (nSPS) is 17.3. The fourth-order valence-electron chi connectivity index (χ4n) is 2.65. The zero-order valence-electron chi connectivity index (χ0n) is 11.8. The van der Waals surface area contributed by atoms with Gasteiger partial charge in [0.15, 0.2) is 0 Å². The Morgan fingerprint density at radius 3 is 2.75 bits per heavy atom. The predicted molar refractivity (Wildman–Crippen MR) is 78.5 cm³/mol. The maximum Gasteiger partial charge on any atom is 0.244 e. The van der Waals surface area contributed by atoms with Crippen molar-refractivity contribution in [3.63, 3.8) is 0 Å². The molecule has 1 aromatic rings. The average Bonchev–Trinajstić information content (AvgIpc) is 2.94. The van der Waals surface area contributed by atoms with Gasteiger partial charge in [0.2, 0.25) is 5.91 Å². The third-order valence-electron chi connectivity index (χ3n) is 3.80. The van der Waals surface area contributed by atoms with Crippen LogP contribution in [0.25, 0.3) is 6.08 Å². The first-order valence-corrected chi connectivity index (χ1v) is 6.93. The summed E-state index contributed by atoms with van der Waals surface area (Å²) in [4.78, 5) is 12.0. The number of methoxy groups -OCH3 is 1. The molecule has 108 valence electrons.